The molecular weight excluding hydrogens is 272 g/mol. The van der Waals surface area contributed by atoms with E-state index < -0.39 is 17.5 Å². The molecule has 110 valence electrons. The number of amides is 3. The van der Waals surface area contributed by atoms with Gasteiger partial charge in [-0.2, -0.15) is 0 Å². The Labute approximate surface area is 122 Å². The topological polar surface area (TPSA) is 75.7 Å². The molecule has 0 radical (unpaired) electrons. The number of imide groups is 1. The minimum Gasteiger partial charge on any atom is -0.466 e. The van der Waals surface area contributed by atoms with Gasteiger partial charge in [0.1, 0.15) is 5.54 Å². The number of anilines is 1. The predicted octanol–water partition coefficient (Wildman–Crippen LogP) is 1.71. The summed E-state index contributed by atoms with van der Waals surface area (Å²) >= 11 is 0. The van der Waals surface area contributed by atoms with Crippen molar-refractivity contribution in [3.05, 3.63) is 35.9 Å². The number of ether oxygens (including phenoxy) is 1. The number of nitrogens with one attached hydrogen (secondary N) is 1. The van der Waals surface area contributed by atoms with Gasteiger partial charge < -0.3 is 10.1 Å². The number of rotatable bonds is 3. The highest BCUT2D eigenvalue weighted by Gasteiger charge is 2.45. The summed E-state index contributed by atoms with van der Waals surface area (Å²) in [6.07, 6.45) is 2.75. The van der Waals surface area contributed by atoms with Crippen molar-refractivity contribution >= 4 is 29.7 Å². The molecule has 3 amide bonds. The summed E-state index contributed by atoms with van der Waals surface area (Å²) in [7, 11) is 1.28. The van der Waals surface area contributed by atoms with Crippen LogP contribution in [0.2, 0.25) is 0 Å². The van der Waals surface area contributed by atoms with Crippen LogP contribution in [0.4, 0.5) is 10.5 Å². The van der Waals surface area contributed by atoms with Gasteiger partial charge in [0, 0.05) is 6.08 Å². The Balaban J connectivity index is 2.41. The van der Waals surface area contributed by atoms with Gasteiger partial charge in [-0.25, -0.2) is 14.5 Å². The largest absolute Gasteiger partial charge is 0.466 e. The third-order valence-corrected chi connectivity index (χ3v) is 3.14. The number of carbonyl (C=O) groups is 3. The zero-order valence-corrected chi connectivity index (χ0v) is 12.0. The number of para-hydroxylation sites is 1. The number of methoxy groups -OCH3 is 1. The predicted molar refractivity (Wildman–Crippen MR) is 77.6 cm³/mol. The fourth-order valence-corrected chi connectivity index (χ4v) is 2.03. The van der Waals surface area contributed by atoms with Crippen LogP contribution in [0.1, 0.15) is 19.4 Å². The molecule has 1 aromatic carbocycles. The van der Waals surface area contributed by atoms with E-state index in [9.17, 15) is 14.4 Å². The van der Waals surface area contributed by atoms with E-state index in [2.05, 4.69) is 10.1 Å². The van der Waals surface area contributed by atoms with Crippen LogP contribution in [0.3, 0.4) is 0 Å². The molecule has 1 saturated heterocycles. The molecule has 0 aliphatic carbocycles. The Morgan fingerprint density at radius 3 is 2.52 bits per heavy atom. The van der Waals surface area contributed by atoms with Crippen molar-refractivity contribution in [2.24, 2.45) is 0 Å². The maximum atomic E-state index is 12.3. The zero-order chi connectivity index (χ0) is 15.6. The lowest BCUT2D eigenvalue weighted by molar-refractivity contribution is -0.134. The second kappa shape index (κ2) is 5.40. The molecular formula is C15H16N2O4. The van der Waals surface area contributed by atoms with E-state index in [0.717, 1.165) is 4.90 Å². The number of carbonyl (C=O) groups excluding carboxylic acids is 3. The van der Waals surface area contributed by atoms with Gasteiger partial charge in [-0.1, -0.05) is 18.2 Å². The smallest absolute Gasteiger partial charge is 0.330 e. The first kappa shape index (κ1) is 14.8. The van der Waals surface area contributed by atoms with Crippen LogP contribution in [-0.2, 0) is 14.3 Å². The second-order valence-electron chi connectivity index (χ2n) is 5.11. The second-order valence-corrected chi connectivity index (χ2v) is 5.11. The number of esters is 1. The number of hydrogen-bond acceptors (Lipinski definition) is 4. The summed E-state index contributed by atoms with van der Waals surface area (Å²) in [4.78, 5) is 36.6. The van der Waals surface area contributed by atoms with E-state index in [1.165, 1.54) is 19.3 Å². The van der Waals surface area contributed by atoms with E-state index in [-0.39, 0.29) is 5.91 Å². The Kier molecular flexibility index (Phi) is 3.80. The lowest BCUT2D eigenvalue weighted by atomic mass is 10.1. The van der Waals surface area contributed by atoms with Crippen LogP contribution < -0.4 is 10.2 Å². The maximum absolute atomic E-state index is 12.3. The molecule has 2 rings (SSSR count). The summed E-state index contributed by atoms with van der Waals surface area (Å²) in [6, 6.07) is 6.35. The Bertz CT molecular complexity index is 634. The van der Waals surface area contributed by atoms with Crippen molar-refractivity contribution < 1.29 is 19.1 Å². The number of hydrogen-bond donors (Lipinski definition) is 1. The van der Waals surface area contributed by atoms with E-state index in [0.29, 0.717) is 11.3 Å². The van der Waals surface area contributed by atoms with Crippen molar-refractivity contribution in [2.75, 3.05) is 12.0 Å². The Hall–Kier alpha value is -2.63. The molecule has 21 heavy (non-hydrogen) atoms. The molecule has 1 N–H and O–H groups in total. The number of nitrogens with zero attached hydrogens (tertiary/aromatic N) is 1. The normalized spacial score (nSPS) is 17.2. The van der Waals surface area contributed by atoms with Gasteiger partial charge in [0.05, 0.1) is 12.8 Å². The van der Waals surface area contributed by atoms with Crippen LogP contribution in [0, 0.1) is 0 Å². The number of benzene rings is 1. The molecule has 1 aliphatic heterocycles. The highest BCUT2D eigenvalue weighted by Crippen LogP contribution is 2.28. The van der Waals surface area contributed by atoms with Crippen LogP contribution in [0.15, 0.2) is 30.3 Å². The van der Waals surface area contributed by atoms with E-state index in [1.54, 1.807) is 38.1 Å². The molecule has 6 nitrogen and oxygen atoms in total. The van der Waals surface area contributed by atoms with Crippen molar-refractivity contribution in [3.63, 3.8) is 0 Å². The fraction of sp³-hybridized carbons (Fsp3) is 0.267. The van der Waals surface area contributed by atoms with Gasteiger partial charge in [0.25, 0.3) is 5.91 Å². The van der Waals surface area contributed by atoms with Gasteiger partial charge in [-0.05, 0) is 31.6 Å². The van der Waals surface area contributed by atoms with Crippen molar-refractivity contribution in [1.29, 1.82) is 0 Å². The SMILES string of the molecule is COC(=O)/C=C/c1ccccc1N1C(=O)NC(C)(C)C1=O. The van der Waals surface area contributed by atoms with Crippen molar-refractivity contribution in [1.82, 2.24) is 5.32 Å². The average Bonchev–Trinajstić information content (AvgIpc) is 2.65. The highest BCUT2D eigenvalue weighted by atomic mass is 16.5. The molecule has 1 heterocycles. The number of urea groups is 1. The molecule has 1 aliphatic rings. The van der Waals surface area contributed by atoms with Crippen LogP contribution >= 0.6 is 0 Å². The van der Waals surface area contributed by atoms with E-state index >= 15 is 0 Å². The summed E-state index contributed by atoms with van der Waals surface area (Å²) in [6.45, 7) is 3.28. The van der Waals surface area contributed by atoms with Crippen molar-refractivity contribution in [2.45, 2.75) is 19.4 Å². The molecule has 6 heteroatoms. The monoisotopic (exact) mass is 288 g/mol. The van der Waals surface area contributed by atoms with Crippen molar-refractivity contribution in [3.8, 4) is 0 Å². The Morgan fingerprint density at radius 2 is 1.95 bits per heavy atom. The highest BCUT2D eigenvalue weighted by molar-refractivity contribution is 6.23. The molecule has 0 unspecified atom stereocenters. The van der Waals surface area contributed by atoms with Crippen LogP contribution in [0.5, 0.6) is 0 Å². The zero-order valence-electron chi connectivity index (χ0n) is 12.0. The van der Waals surface area contributed by atoms with Gasteiger partial charge in [-0.15, -0.1) is 0 Å². The molecule has 1 fully saturated rings. The van der Waals surface area contributed by atoms with Crippen LogP contribution in [-0.4, -0.2) is 30.6 Å². The quantitative estimate of drug-likeness (QED) is 0.522. The summed E-state index contributed by atoms with van der Waals surface area (Å²) < 4.78 is 4.53. The first-order chi connectivity index (χ1) is 9.86. The maximum Gasteiger partial charge on any atom is 0.330 e. The van der Waals surface area contributed by atoms with Gasteiger partial charge in [0.15, 0.2) is 0 Å². The Morgan fingerprint density at radius 1 is 1.29 bits per heavy atom. The molecule has 0 bridgehead atoms. The molecule has 0 saturated carbocycles. The molecule has 0 spiro atoms. The molecule has 0 atom stereocenters. The minimum atomic E-state index is -0.948. The van der Waals surface area contributed by atoms with Crippen LogP contribution in [0.25, 0.3) is 6.08 Å². The standard InChI is InChI=1S/C15H16N2O4/c1-15(2)13(19)17(14(20)16-15)11-7-5-4-6-10(11)8-9-12(18)21-3/h4-9H,1-3H3,(H,16,20)/b9-8+. The summed E-state index contributed by atoms with van der Waals surface area (Å²) in [5.74, 6) is -0.853. The van der Waals surface area contributed by atoms with E-state index in [1.807, 2.05) is 0 Å². The van der Waals surface area contributed by atoms with Gasteiger partial charge in [0.2, 0.25) is 0 Å². The minimum absolute atomic E-state index is 0.341. The molecule has 0 aromatic heterocycles. The third kappa shape index (κ3) is 2.79. The van der Waals surface area contributed by atoms with E-state index in [4.69, 9.17) is 0 Å². The van der Waals surface area contributed by atoms with Gasteiger partial charge in [-0.3, -0.25) is 4.79 Å². The summed E-state index contributed by atoms with van der Waals surface area (Å²) in [5.41, 5.74) is 0.0471. The molecule has 1 aromatic rings. The fourth-order valence-electron chi connectivity index (χ4n) is 2.03. The average molecular weight is 288 g/mol. The third-order valence-electron chi connectivity index (χ3n) is 3.14. The summed E-state index contributed by atoms with van der Waals surface area (Å²) in [5, 5.41) is 2.62. The first-order valence-corrected chi connectivity index (χ1v) is 6.38. The lowest BCUT2D eigenvalue weighted by Crippen LogP contribution is -2.40. The first-order valence-electron chi connectivity index (χ1n) is 6.38. The lowest BCUT2D eigenvalue weighted by Gasteiger charge is -2.17. The van der Waals surface area contributed by atoms with Gasteiger partial charge >= 0.3 is 12.0 Å².